The second-order valence-electron chi connectivity index (χ2n) is 11.3. The van der Waals surface area contributed by atoms with Gasteiger partial charge >= 0.3 is 5.97 Å². The summed E-state index contributed by atoms with van der Waals surface area (Å²) < 4.78 is 2.10. The molecule has 2 aromatic carbocycles. The Bertz CT molecular complexity index is 1650. The second-order valence-corrected chi connectivity index (χ2v) is 12.1. The molecule has 2 aliphatic heterocycles. The van der Waals surface area contributed by atoms with Crippen LogP contribution in [0.5, 0.6) is 0 Å². The molecule has 0 spiro atoms. The number of piperidine rings is 1. The smallest absolute Gasteiger partial charge is 0.335 e. The van der Waals surface area contributed by atoms with Crippen molar-refractivity contribution >= 4 is 46.3 Å². The van der Waals surface area contributed by atoms with E-state index in [1.807, 2.05) is 37.3 Å². The van der Waals surface area contributed by atoms with Gasteiger partial charge in [0.1, 0.15) is 0 Å². The first-order valence-electron chi connectivity index (χ1n) is 14.3. The van der Waals surface area contributed by atoms with Crippen LogP contribution in [0.2, 0.25) is 5.02 Å². The van der Waals surface area contributed by atoms with Crippen LogP contribution >= 0.6 is 23.8 Å². The Balaban J connectivity index is 1.44. The van der Waals surface area contributed by atoms with E-state index in [-0.39, 0.29) is 17.6 Å². The SMILES string of the molecule is Cc1cc(C2C(c3ccccn3)NC(=S)N2c2ccc(N3CCC(C)CC3)c(Cl)c2)c(C)n1-c1cccc(C(=O)O)c1. The maximum Gasteiger partial charge on any atom is 0.335 e. The predicted octanol–water partition coefficient (Wildman–Crippen LogP) is 7.25. The van der Waals surface area contributed by atoms with Crippen molar-refractivity contribution in [2.75, 3.05) is 22.9 Å². The fraction of sp³-hybridized carbons (Fsp3) is 0.303. The van der Waals surface area contributed by atoms with E-state index in [2.05, 4.69) is 51.7 Å². The summed E-state index contributed by atoms with van der Waals surface area (Å²) in [4.78, 5) is 20.9. The molecule has 4 heterocycles. The van der Waals surface area contributed by atoms with E-state index < -0.39 is 5.97 Å². The van der Waals surface area contributed by atoms with E-state index in [9.17, 15) is 9.90 Å². The summed E-state index contributed by atoms with van der Waals surface area (Å²) >= 11 is 12.9. The Morgan fingerprint density at radius 3 is 2.50 bits per heavy atom. The quantitative estimate of drug-likeness (QED) is 0.226. The van der Waals surface area contributed by atoms with Crippen molar-refractivity contribution in [1.29, 1.82) is 0 Å². The number of hydrogen-bond donors (Lipinski definition) is 2. The number of nitrogens with zero attached hydrogens (tertiary/aromatic N) is 4. The normalized spacial score (nSPS) is 19.3. The van der Waals surface area contributed by atoms with E-state index in [0.717, 1.165) is 71.6 Å². The number of pyridine rings is 1. The van der Waals surface area contributed by atoms with Gasteiger partial charge in [-0.1, -0.05) is 30.7 Å². The molecule has 2 atom stereocenters. The topological polar surface area (TPSA) is 73.6 Å². The van der Waals surface area contributed by atoms with Crippen molar-refractivity contribution in [1.82, 2.24) is 14.9 Å². The average Bonchev–Trinajstić information content (AvgIpc) is 3.48. The Morgan fingerprint density at radius 2 is 1.81 bits per heavy atom. The van der Waals surface area contributed by atoms with Gasteiger partial charge in [-0.25, -0.2) is 4.79 Å². The van der Waals surface area contributed by atoms with Crippen molar-refractivity contribution in [3.8, 4) is 5.69 Å². The molecule has 0 saturated carbocycles. The largest absolute Gasteiger partial charge is 0.478 e. The lowest BCUT2D eigenvalue weighted by Crippen LogP contribution is -2.33. The molecule has 2 aliphatic rings. The van der Waals surface area contributed by atoms with Gasteiger partial charge in [0.25, 0.3) is 0 Å². The van der Waals surface area contributed by atoms with Crippen LogP contribution in [0.1, 0.15) is 64.9 Å². The fourth-order valence-corrected chi connectivity index (χ4v) is 7.00. The molecule has 2 N–H and O–H groups in total. The van der Waals surface area contributed by atoms with Crippen LogP contribution in [0, 0.1) is 19.8 Å². The molecular weight excluding hydrogens is 566 g/mol. The molecule has 0 aliphatic carbocycles. The van der Waals surface area contributed by atoms with E-state index >= 15 is 0 Å². The van der Waals surface area contributed by atoms with Crippen LogP contribution in [0.25, 0.3) is 5.69 Å². The molecule has 0 amide bonds. The summed E-state index contributed by atoms with van der Waals surface area (Å²) in [6.45, 7) is 8.42. The van der Waals surface area contributed by atoms with Gasteiger partial charge in [0.05, 0.1) is 34.1 Å². The third kappa shape index (κ3) is 5.14. The van der Waals surface area contributed by atoms with Crippen LogP contribution in [-0.2, 0) is 0 Å². The highest BCUT2D eigenvalue weighted by atomic mass is 35.5. The van der Waals surface area contributed by atoms with Gasteiger partial charge in [-0.3, -0.25) is 4.98 Å². The van der Waals surface area contributed by atoms with Gasteiger partial charge in [0, 0.05) is 42.0 Å². The number of halogens is 1. The highest BCUT2D eigenvalue weighted by Gasteiger charge is 2.42. The summed E-state index contributed by atoms with van der Waals surface area (Å²) in [5, 5.41) is 14.5. The van der Waals surface area contributed by atoms with Gasteiger partial charge in [-0.15, -0.1) is 0 Å². The summed E-state index contributed by atoms with van der Waals surface area (Å²) in [5.41, 5.74) is 6.96. The molecule has 216 valence electrons. The van der Waals surface area contributed by atoms with Gasteiger partial charge < -0.3 is 24.8 Å². The minimum absolute atomic E-state index is 0.208. The zero-order valence-electron chi connectivity index (χ0n) is 23.9. The predicted molar refractivity (Wildman–Crippen MR) is 172 cm³/mol. The zero-order chi connectivity index (χ0) is 29.5. The van der Waals surface area contributed by atoms with E-state index in [1.165, 1.54) is 0 Å². The van der Waals surface area contributed by atoms with E-state index in [4.69, 9.17) is 28.8 Å². The van der Waals surface area contributed by atoms with Crippen molar-refractivity contribution in [3.63, 3.8) is 0 Å². The Kier molecular flexibility index (Phi) is 7.68. The summed E-state index contributed by atoms with van der Waals surface area (Å²) in [5.74, 6) is -0.215. The number of carboxylic acid groups (broad SMARTS) is 1. The monoisotopic (exact) mass is 599 g/mol. The molecule has 4 aromatic rings. The molecule has 9 heteroatoms. The first-order valence-corrected chi connectivity index (χ1v) is 15.1. The van der Waals surface area contributed by atoms with Crippen molar-refractivity contribution in [2.45, 2.75) is 45.7 Å². The fourth-order valence-electron chi connectivity index (χ4n) is 6.36. The van der Waals surface area contributed by atoms with Crippen LogP contribution in [0.4, 0.5) is 11.4 Å². The highest BCUT2D eigenvalue weighted by Crippen LogP contribution is 2.45. The summed E-state index contributed by atoms with van der Waals surface area (Å²) in [6.07, 6.45) is 4.12. The third-order valence-corrected chi connectivity index (χ3v) is 9.19. The van der Waals surface area contributed by atoms with Crippen molar-refractivity contribution in [3.05, 3.63) is 106 Å². The molecule has 7 nitrogen and oxygen atoms in total. The van der Waals surface area contributed by atoms with Crippen LogP contribution < -0.4 is 15.1 Å². The number of aromatic nitrogens is 2. The van der Waals surface area contributed by atoms with Crippen molar-refractivity contribution < 1.29 is 9.90 Å². The molecule has 2 aromatic heterocycles. The molecular formula is C33H34ClN5O2S. The maximum atomic E-state index is 11.7. The lowest BCUT2D eigenvalue weighted by atomic mass is 9.96. The lowest BCUT2D eigenvalue weighted by molar-refractivity contribution is 0.0697. The molecule has 42 heavy (non-hydrogen) atoms. The first kappa shape index (κ1) is 28.2. The minimum Gasteiger partial charge on any atom is -0.478 e. The molecule has 2 fully saturated rings. The van der Waals surface area contributed by atoms with Crippen LogP contribution in [0.15, 0.2) is 72.9 Å². The Morgan fingerprint density at radius 1 is 1.02 bits per heavy atom. The minimum atomic E-state index is -0.953. The van der Waals surface area contributed by atoms with Gasteiger partial charge in [-0.05, 0) is 105 Å². The number of benzene rings is 2. The maximum absolute atomic E-state index is 11.7. The number of hydrogen-bond acceptors (Lipinski definition) is 4. The summed E-state index contributed by atoms with van der Waals surface area (Å²) in [7, 11) is 0. The number of rotatable bonds is 6. The molecule has 2 saturated heterocycles. The number of aromatic carboxylic acids is 1. The van der Waals surface area contributed by atoms with Crippen LogP contribution in [-0.4, -0.2) is 38.8 Å². The standard InChI is InChI=1S/C33H34ClN5O2S/c1-20-12-15-37(16-13-20)29-11-10-25(19-27(29)34)39-31(30(36-33(39)42)28-9-4-5-14-35-28)26-17-21(2)38(22(26)3)24-8-6-7-23(18-24)32(40)41/h4-11,14,17-20,30-31H,12-13,15-16H2,1-3H3,(H,36,42)(H,40,41). The van der Waals surface area contributed by atoms with E-state index in [1.54, 1.807) is 24.4 Å². The average molecular weight is 600 g/mol. The number of anilines is 2. The molecule has 6 rings (SSSR count). The Hall–Kier alpha value is -3.88. The van der Waals surface area contributed by atoms with E-state index in [0.29, 0.717) is 10.1 Å². The number of thiocarbonyl (C=S) groups is 1. The number of nitrogens with one attached hydrogen (secondary N) is 1. The second kappa shape index (κ2) is 11.4. The number of carboxylic acids is 1. The number of carbonyl (C=O) groups is 1. The Labute approximate surface area is 256 Å². The lowest BCUT2D eigenvalue weighted by Gasteiger charge is -2.33. The van der Waals surface area contributed by atoms with Gasteiger partial charge in [0.2, 0.25) is 0 Å². The van der Waals surface area contributed by atoms with Crippen molar-refractivity contribution in [2.24, 2.45) is 5.92 Å². The summed E-state index contributed by atoms with van der Waals surface area (Å²) in [6, 6.07) is 20.9. The first-order chi connectivity index (χ1) is 20.2. The van der Waals surface area contributed by atoms with Gasteiger partial charge in [-0.2, -0.15) is 0 Å². The van der Waals surface area contributed by atoms with Gasteiger partial charge in [0.15, 0.2) is 5.11 Å². The molecule has 0 radical (unpaired) electrons. The molecule has 0 bridgehead atoms. The molecule has 2 unspecified atom stereocenters. The zero-order valence-corrected chi connectivity index (χ0v) is 25.5. The third-order valence-electron chi connectivity index (χ3n) is 8.57. The number of aryl methyl sites for hydroxylation is 1. The van der Waals surface area contributed by atoms with Crippen LogP contribution in [0.3, 0.4) is 0 Å². The highest BCUT2D eigenvalue weighted by molar-refractivity contribution is 7.80.